The van der Waals surface area contributed by atoms with Crippen LogP contribution in [0.3, 0.4) is 0 Å². The molecule has 0 bridgehead atoms. The van der Waals surface area contributed by atoms with Crippen molar-refractivity contribution in [2.75, 3.05) is 12.4 Å². The lowest BCUT2D eigenvalue weighted by Gasteiger charge is -2.16. The van der Waals surface area contributed by atoms with E-state index in [0.717, 1.165) is 36.3 Å². The highest BCUT2D eigenvalue weighted by atomic mass is 16.6. The largest absolute Gasteiger partial charge is 0.493 e. The minimum absolute atomic E-state index is 0.234. The Morgan fingerprint density at radius 1 is 1.03 bits per heavy atom. The fourth-order valence-corrected chi connectivity index (χ4v) is 3.99. The maximum Gasteiger partial charge on any atom is 0.308 e. The summed E-state index contributed by atoms with van der Waals surface area (Å²) >= 11 is 0. The molecule has 3 aromatic rings. The molecule has 0 saturated heterocycles. The van der Waals surface area contributed by atoms with Gasteiger partial charge in [0.2, 0.25) is 11.6 Å². The highest BCUT2D eigenvalue weighted by Gasteiger charge is 2.22. The summed E-state index contributed by atoms with van der Waals surface area (Å²) in [5.74, 6) is 0.0843. The Balaban J connectivity index is 1.49. The van der Waals surface area contributed by atoms with E-state index >= 15 is 0 Å². The molecule has 0 saturated carbocycles. The SMILES string of the molecule is COc1ccc(C=CC(=O)Nc2cccc3c2CCC=[N+]3Cc2ccccc2)cc1OC(C)=O. The van der Waals surface area contributed by atoms with Crippen LogP contribution in [0.2, 0.25) is 0 Å². The lowest BCUT2D eigenvalue weighted by Crippen LogP contribution is -2.17. The second-order valence-electron chi connectivity index (χ2n) is 7.96. The highest BCUT2D eigenvalue weighted by molar-refractivity contribution is 6.02. The minimum atomic E-state index is -0.440. The Kier molecular flexibility index (Phi) is 7.18. The van der Waals surface area contributed by atoms with Gasteiger partial charge in [-0.1, -0.05) is 42.5 Å². The zero-order valence-electron chi connectivity index (χ0n) is 19.3. The zero-order chi connectivity index (χ0) is 23.9. The predicted octanol–water partition coefficient (Wildman–Crippen LogP) is 5.13. The van der Waals surface area contributed by atoms with Gasteiger partial charge in [-0.05, 0) is 36.3 Å². The molecule has 0 spiro atoms. The highest BCUT2D eigenvalue weighted by Crippen LogP contribution is 2.32. The number of hydrogen-bond donors (Lipinski definition) is 1. The molecular formula is C28H27N2O4+. The maximum atomic E-state index is 12.7. The molecule has 1 N–H and O–H groups in total. The van der Waals surface area contributed by atoms with Crippen molar-refractivity contribution in [3.8, 4) is 11.5 Å². The Bertz CT molecular complexity index is 1260. The maximum absolute atomic E-state index is 12.7. The topological polar surface area (TPSA) is 67.6 Å². The van der Waals surface area contributed by atoms with E-state index in [1.54, 1.807) is 24.3 Å². The van der Waals surface area contributed by atoms with Crippen LogP contribution in [0, 0.1) is 0 Å². The number of methoxy groups -OCH3 is 1. The van der Waals surface area contributed by atoms with Crippen molar-refractivity contribution >= 4 is 35.5 Å². The monoisotopic (exact) mass is 455 g/mol. The van der Waals surface area contributed by atoms with E-state index in [0.29, 0.717) is 17.1 Å². The number of ether oxygens (including phenoxy) is 2. The van der Waals surface area contributed by atoms with Gasteiger partial charge in [-0.3, -0.25) is 9.59 Å². The fraction of sp³-hybridized carbons (Fsp3) is 0.179. The summed E-state index contributed by atoms with van der Waals surface area (Å²) < 4.78 is 12.6. The van der Waals surface area contributed by atoms with Crippen LogP contribution >= 0.6 is 0 Å². The van der Waals surface area contributed by atoms with E-state index in [-0.39, 0.29) is 5.91 Å². The molecule has 0 unspecified atom stereocenters. The third kappa shape index (κ3) is 5.59. The third-order valence-corrected chi connectivity index (χ3v) is 5.53. The van der Waals surface area contributed by atoms with Gasteiger partial charge in [0, 0.05) is 36.6 Å². The van der Waals surface area contributed by atoms with Gasteiger partial charge in [-0.15, -0.1) is 0 Å². The number of benzene rings is 3. The van der Waals surface area contributed by atoms with Crippen LogP contribution in [-0.4, -0.2) is 29.8 Å². The molecule has 1 heterocycles. The molecule has 1 amide bonds. The van der Waals surface area contributed by atoms with E-state index in [1.807, 2.05) is 30.3 Å². The summed E-state index contributed by atoms with van der Waals surface area (Å²) in [6, 6.07) is 21.5. The molecule has 0 fully saturated rings. The number of carbonyl (C=O) groups is 2. The van der Waals surface area contributed by atoms with Gasteiger partial charge in [0.1, 0.15) is 6.21 Å². The number of rotatable bonds is 7. The first kappa shape index (κ1) is 23.0. The van der Waals surface area contributed by atoms with Crippen LogP contribution in [0.1, 0.15) is 30.0 Å². The first-order valence-electron chi connectivity index (χ1n) is 11.1. The fourth-order valence-electron chi connectivity index (χ4n) is 3.99. The average molecular weight is 456 g/mol. The second-order valence-corrected chi connectivity index (χ2v) is 7.96. The van der Waals surface area contributed by atoms with Gasteiger partial charge in [0.15, 0.2) is 18.0 Å². The molecule has 0 atom stereocenters. The number of nitrogens with zero attached hydrogens (tertiary/aromatic N) is 1. The molecule has 0 radical (unpaired) electrons. The average Bonchev–Trinajstić information content (AvgIpc) is 2.84. The molecule has 172 valence electrons. The van der Waals surface area contributed by atoms with Crippen molar-refractivity contribution in [2.45, 2.75) is 26.3 Å². The second kappa shape index (κ2) is 10.6. The Hall–Kier alpha value is -4.19. The number of amides is 1. The molecule has 0 aromatic heterocycles. The lowest BCUT2D eigenvalue weighted by molar-refractivity contribution is -0.456. The van der Waals surface area contributed by atoms with Gasteiger partial charge >= 0.3 is 5.97 Å². The minimum Gasteiger partial charge on any atom is -0.493 e. The molecule has 1 aliphatic rings. The van der Waals surface area contributed by atoms with Crippen LogP contribution in [0.4, 0.5) is 11.4 Å². The van der Waals surface area contributed by atoms with E-state index in [2.05, 4.69) is 34.3 Å². The summed E-state index contributed by atoms with van der Waals surface area (Å²) in [4.78, 5) is 24.0. The van der Waals surface area contributed by atoms with E-state index < -0.39 is 5.97 Å². The molecule has 6 heteroatoms. The zero-order valence-corrected chi connectivity index (χ0v) is 19.3. The van der Waals surface area contributed by atoms with Crippen molar-refractivity contribution in [2.24, 2.45) is 0 Å². The number of anilines is 1. The first-order chi connectivity index (χ1) is 16.5. The van der Waals surface area contributed by atoms with E-state index in [4.69, 9.17) is 9.47 Å². The molecule has 4 rings (SSSR count). The van der Waals surface area contributed by atoms with Crippen LogP contribution in [0.5, 0.6) is 11.5 Å². The molecule has 34 heavy (non-hydrogen) atoms. The van der Waals surface area contributed by atoms with Crippen LogP contribution in [-0.2, 0) is 22.6 Å². The van der Waals surface area contributed by atoms with Crippen LogP contribution < -0.4 is 14.8 Å². The molecule has 6 nitrogen and oxygen atoms in total. The Labute approximate surface area is 199 Å². The predicted molar refractivity (Wildman–Crippen MR) is 133 cm³/mol. The molecule has 3 aromatic carbocycles. The molecular weight excluding hydrogens is 428 g/mol. The Morgan fingerprint density at radius 2 is 1.85 bits per heavy atom. The number of fused-ring (bicyclic) bond motifs is 1. The number of esters is 1. The number of hydrogen-bond acceptors (Lipinski definition) is 4. The van der Waals surface area contributed by atoms with Crippen molar-refractivity contribution < 1.29 is 23.6 Å². The van der Waals surface area contributed by atoms with Gasteiger partial charge < -0.3 is 14.8 Å². The van der Waals surface area contributed by atoms with Gasteiger partial charge in [-0.25, -0.2) is 0 Å². The summed E-state index contributed by atoms with van der Waals surface area (Å²) in [6.07, 6.45) is 7.13. The number of nitrogens with one attached hydrogen (secondary N) is 1. The smallest absolute Gasteiger partial charge is 0.308 e. The van der Waals surface area contributed by atoms with Crippen molar-refractivity contribution in [3.05, 3.63) is 89.5 Å². The molecule has 1 aliphatic heterocycles. The first-order valence-corrected chi connectivity index (χ1v) is 11.1. The van der Waals surface area contributed by atoms with Gasteiger partial charge in [0.05, 0.1) is 12.8 Å². The van der Waals surface area contributed by atoms with Crippen molar-refractivity contribution in [1.29, 1.82) is 0 Å². The van der Waals surface area contributed by atoms with E-state index in [9.17, 15) is 9.59 Å². The summed E-state index contributed by atoms with van der Waals surface area (Å²) in [5.41, 5.74) is 5.00. The van der Waals surface area contributed by atoms with Crippen LogP contribution in [0.15, 0.2) is 72.8 Å². The van der Waals surface area contributed by atoms with E-state index in [1.165, 1.54) is 25.7 Å². The van der Waals surface area contributed by atoms with Crippen molar-refractivity contribution in [3.63, 3.8) is 0 Å². The molecule has 0 aliphatic carbocycles. The van der Waals surface area contributed by atoms with Crippen molar-refractivity contribution in [1.82, 2.24) is 0 Å². The Morgan fingerprint density at radius 3 is 2.62 bits per heavy atom. The third-order valence-electron chi connectivity index (χ3n) is 5.53. The lowest BCUT2D eigenvalue weighted by atomic mass is 10.0. The quantitative estimate of drug-likeness (QED) is 0.232. The van der Waals surface area contributed by atoms with Crippen LogP contribution in [0.25, 0.3) is 6.08 Å². The summed E-state index contributed by atoms with van der Waals surface area (Å²) in [7, 11) is 1.50. The normalized spacial score (nSPS) is 12.6. The summed E-state index contributed by atoms with van der Waals surface area (Å²) in [6.45, 7) is 2.11. The summed E-state index contributed by atoms with van der Waals surface area (Å²) in [5, 5.41) is 3.02. The van der Waals surface area contributed by atoms with Gasteiger partial charge in [0.25, 0.3) is 0 Å². The standard InChI is InChI=1S/C28H26N2O4/c1-20(31)34-27-18-21(13-15-26(27)33-2)14-16-28(32)29-24-11-6-12-25-23(24)10-7-17-30(25)19-22-8-4-3-5-9-22/h3-6,8-9,11-18H,7,10,19H2,1-2H3/p+1. The van der Waals surface area contributed by atoms with Gasteiger partial charge in [-0.2, -0.15) is 4.58 Å². The number of carbonyl (C=O) groups excluding carboxylic acids is 2.